The molecule has 46 heavy (non-hydrogen) atoms. The standard InChI is InChI=1S/C36H66N4O6/c1-15-24(6)33(39(12)36(44)28(22(2)3)19-25(7)32(23(4)5)38(10)11)30(45-13)20-31(42)40-18-16-17-29(40)34(46-14)27(9)35(43)37-26(8)21-41/h21-24,26-30,32-34H,7,15-20H2,1-6,8-14H3,(H,37,43)/t24-,26-,27+,28-,29-,30+,32-,33-,34+/m0/s1. The van der Waals surface area contributed by atoms with Crippen LogP contribution in [0.15, 0.2) is 12.2 Å². The summed E-state index contributed by atoms with van der Waals surface area (Å²) in [5, 5.41) is 2.70. The predicted octanol–water partition coefficient (Wildman–Crippen LogP) is 4.42. The Morgan fingerprint density at radius 1 is 0.978 bits per heavy atom. The van der Waals surface area contributed by atoms with E-state index in [0.29, 0.717) is 31.6 Å². The maximum absolute atomic E-state index is 14.3. The summed E-state index contributed by atoms with van der Waals surface area (Å²) in [6, 6.07) is -1.04. The molecule has 0 unspecified atom stereocenters. The lowest BCUT2D eigenvalue weighted by atomic mass is 9.82. The van der Waals surface area contributed by atoms with Crippen LogP contribution in [-0.2, 0) is 28.7 Å². The molecular formula is C36H66N4O6. The number of likely N-dealkylation sites (N-methyl/N-ethyl adjacent to an activating group) is 2. The molecule has 1 saturated heterocycles. The molecule has 0 bridgehead atoms. The second kappa shape index (κ2) is 19.5. The number of carbonyl (C=O) groups excluding carboxylic acids is 4. The predicted molar refractivity (Wildman–Crippen MR) is 184 cm³/mol. The fraction of sp³-hybridized carbons (Fsp3) is 0.833. The van der Waals surface area contributed by atoms with Gasteiger partial charge in [0.25, 0.3) is 0 Å². The summed E-state index contributed by atoms with van der Waals surface area (Å²) in [5.74, 6) is -0.595. The average Bonchev–Trinajstić information content (AvgIpc) is 3.48. The quantitative estimate of drug-likeness (QED) is 0.154. The fourth-order valence-corrected chi connectivity index (χ4v) is 7.40. The summed E-state index contributed by atoms with van der Waals surface area (Å²) in [5.41, 5.74) is 1.05. The van der Waals surface area contributed by atoms with E-state index in [1.807, 2.05) is 16.8 Å². The normalized spacial score (nSPS) is 20.5. The van der Waals surface area contributed by atoms with Gasteiger partial charge in [0.05, 0.1) is 42.7 Å². The number of hydrogen-bond acceptors (Lipinski definition) is 7. The summed E-state index contributed by atoms with van der Waals surface area (Å²) in [6.07, 6.45) is 2.65. The first kappa shape index (κ1) is 41.7. The van der Waals surface area contributed by atoms with Crippen LogP contribution < -0.4 is 5.32 Å². The molecule has 1 aliphatic rings. The van der Waals surface area contributed by atoms with Gasteiger partial charge in [0.2, 0.25) is 17.7 Å². The van der Waals surface area contributed by atoms with Crippen molar-refractivity contribution in [3.05, 3.63) is 12.2 Å². The van der Waals surface area contributed by atoms with Crippen LogP contribution in [0.3, 0.4) is 0 Å². The Morgan fingerprint density at radius 3 is 2.04 bits per heavy atom. The molecule has 0 radical (unpaired) electrons. The lowest BCUT2D eigenvalue weighted by molar-refractivity contribution is -0.148. The third-order valence-electron chi connectivity index (χ3n) is 10.0. The zero-order valence-corrected chi connectivity index (χ0v) is 31.2. The van der Waals surface area contributed by atoms with E-state index in [-0.39, 0.29) is 60.0 Å². The SMILES string of the molecule is C=C(C[C@H](C(=O)N(C)[C@@H]([C@@H](C)CC)[C@@H](CC(=O)N1CCC[C@H]1[C@H](OC)[C@@H](C)C(=O)N[C@@H](C)C=O)OC)C(C)C)[C@H](C(C)C)N(C)C. The summed E-state index contributed by atoms with van der Waals surface area (Å²) in [6.45, 7) is 21.1. The van der Waals surface area contributed by atoms with Gasteiger partial charge < -0.3 is 34.3 Å². The van der Waals surface area contributed by atoms with Gasteiger partial charge in [-0.1, -0.05) is 67.0 Å². The Hall–Kier alpha value is -2.30. The van der Waals surface area contributed by atoms with Crippen molar-refractivity contribution in [2.24, 2.45) is 29.6 Å². The Balaban J connectivity index is 3.26. The zero-order chi connectivity index (χ0) is 35.5. The highest BCUT2D eigenvalue weighted by Crippen LogP contribution is 2.32. The first-order valence-electron chi connectivity index (χ1n) is 17.2. The van der Waals surface area contributed by atoms with Crippen LogP contribution in [-0.4, -0.2) is 117 Å². The van der Waals surface area contributed by atoms with Gasteiger partial charge in [0.15, 0.2) is 0 Å². The van der Waals surface area contributed by atoms with Crippen molar-refractivity contribution in [1.82, 2.24) is 20.0 Å². The number of likely N-dealkylation sites (tertiary alicyclic amines) is 1. The van der Waals surface area contributed by atoms with Crippen LogP contribution in [0.4, 0.5) is 0 Å². The monoisotopic (exact) mass is 650 g/mol. The summed E-state index contributed by atoms with van der Waals surface area (Å²) in [7, 11) is 9.11. The average molecular weight is 651 g/mol. The molecule has 0 spiro atoms. The van der Waals surface area contributed by atoms with E-state index in [2.05, 4.69) is 72.4 Å². The molecule has 10 nitrogen and oxygen atoms in total. The number of nitrogens with zero attached hydrogens (tertiary/aromatic N) is 3. The molecule has 266 valence electrons. The van der Waals surface area contributed by atoms with Crippen LogP contribution in [0.1, 0.15) is 87.5 Å². The minimum atomic E-state index is -0.605. The number of rotatable bonds is 20. The molecule has 9 atom stereocenters. The number of aldehydes is 1. The molecule has 1 N–H and O–H groups in total. The van der Waals surface area contributed by atoms with E-state index in [0.717, 1.165) is 18.4 Å². The maximum atomic E-state index is 14.3. The topological polar surface area (TPSA) is 108 Å². The number of amides is 3. The van der Waals surface area contributed by atoms with Crippen LogP contribution in [0, 0.1) is 29.6 Å². The molecule has 0 aromatic heterocycles. The maximum Gasteiger partial charge on any atom is 0.226 e. The van der Waals surface area contributed by atoms with Gasteiger partial charge in [0.1, 0.15) is 6.29 Å². The third-order valence-corrected chi connectivity index (χ3v) is 10.0. The van der Waals surface area contributed by atoms with Crippen molar-refractivity contribution < 1.29 is 28.7 Å². The lowest BCUT2D eigenvalue weighted by Gasteiger charge is -2.41. The molecule has 0 aromatic carbocycles. The molecule has 1 aliphatic heterocycles. The van der Waals surface area contributed by atoms with Gasteiger partial charge in [-0.2, -0.15) is 0 Å². The summed E-state index contributed by atoms with van der Waals surface area (Å²) in [4.78, 5) is 58.0. The van der Waals surface area contributed by atoms with Gasteiger partial charge in [-0.3, -0.25) is 14.4 Å². The first-order chi connectivity index (χ1) is 21.5. The molecular weight excluding hydrogens is 584 g/mol. The summed E-state index contributed by atoms with van der Waals surface area (Å²) >= 11 is 0. The molecule has 1 heterocycles. The Kier molecular flexibility index (Phi) is 17.7. The number of ether oxygens (including phenoxy) is 2. The van der Waals surface area contributed by atoms with Crippen LogP contribution >= 0.6 is 0 Å². The molecule has 1 rings (SSSR count). The van der Waals surface area contributed by atoms with Crippen molar-refractivity contribution >= 4 is 24.0 Å². The highest BCUT2D eigenvalue weighted by molar-refractivity contribution is 5.83. The Bertz CT molecular complexity index is 993. The van der Waals surface area contributed by atoms with Gasteiger partial charge >= 0.3 is 0 Å². The van der Waals surface area contributed by atoms with Crippen molar-refractivity contribution in [2.45, 2.75) is 124 Å². The number of carbonyl (C=O) groups is 4. The Morgan fingerprint density at radius 2 is 1.59 bits per heavy atom. The molecule has 1 fully saturated rings. The smallest absolute Gasteiger partial charge is 0.226 e. The zero-order valence-electron chi connectivity index (χ0n) is 31.2. The van der Waals surface area contributed by atoms with E-state index in [9.17, 15) is 19.2 Å². The second-order valence-electron chi connectivity index (χ2n) is 14.4. The van der Waals surface area contributed by atoms with Crippen molar-refractivity contribution in [1.29, 1.82) is 0 Å². The molecule has 0 aromatic rings. The van der Waals surface area contributed by atoms with Crippen LogP contribution in [0.5, 0.6) is 0 Å². The van der Waals surface area contributed by atoms with E-state index in [1.54, 1.807) is 28.1 Å². The number of nitrogens with one attached hydrogen (secondary N) is 1. The van der Waals surface area contributed by atoms with Crippen molar-refractivity contribution in [3.8, 4) is 0 Å². The van der Waals surface area contributed by atoms with E-state index >= 15 is 0 Å². The van der Waals surface area contributed by atoms with E-state index in [1.165, 1.54) is 0 Å². The van der Waals surface area contributed by atoms with Crippen LogP contribution in [0.2, 0.25) is 0 Å². The number of hydrogen-bond donors (Lipinski definition) is 1. The molecule has 0 saturated carbocycles. The fourth-order valence-electron chi connectivity index (χ4n) is 7.40. The van der Waals surface area contributed by atoms with Gasteiger partial charge in [-0.25, -0.2) is 0 Å². The van der Waals surface area contributed by atoms with Crippen molar-refractivity contribution in [3.63, 3.8) is 0 Å². The molecule has 3 amide bonds. The Labute approximate surface area is 280 Å². The van der Waals surface area contributed by atoms with Gasteiger partial charge in [-0.05, 0) is 58.0 Å². The molecule has 0 aliphatic carbocycles. The highest BCUT2D eigenvalue weighted by Gasteiger charge is 2.43. The number of methoxy groups -OCH3 is 2. The van der Waals surface area contributed by atoms with Crippen molar-refractivity contribution in [2.75, 3.05) is 41.9 Å². The van der Waals surface area contributed by atoms with Gasteiger partial charge in [0, 0.05) is 39.8 Å². The van der Waals surface area contributed by atoms with E-state index < -0.39 is 24.2 Å². The first-order valence-corrected chi connectivity index (χ1v) is 17.2. The minimum absolute atomic E-state index is 0.0418. The third kappa shape index (κ3) is 10.9. The van der Waals surface area contributed by atoms with E-state index in [4.69, 9.17) is 9.47 Å². The van der Waals surface area contributed by atoms with Crippen LogP contribution in [0.25, 0.3) is 0 Å². The highest BCUT2D eigenvalue weighted by atomic mass is 16.5. The lowest BCUT2D eigenvalue weighted by Crippen LogP contribution is -2.54. The summed E-state index contributed by atoms with van der Waals surface area (Å²) < 4.78 is 11.8. The largest absolute Gasteiger partial charge is 0.379 e. The van der Waals surface area contributed by atoms with Gasteiger partial charge in [-0.15, -0.1) is 0 Å². The minimum Gasteiger partial charge on any atom is -0.379 e. The second-order valence-corrected chi connectivity index (χ2v) is 14.4. The molecule has 10 heteroatoms.